The minimum Gasteiger partial charge on any atom is -0.366 e. The molecule has 1 aromatic rings. The maximum absolute atomic E-state index is 12.2. The number of carbonyl (C=O) groups is 2. The van der Waals surface area contributed by atoms with E-state index in [0.717, 1.165) is 18.5 Å². The summed E-state index contributed by atoms with van der Waals surface area (Å²) < 4.78 is 0. The number of nitrogens with two attached hydrogens (primary N) is 1. The molecule has 0 aliphatic carbocycles. The highest BCUT2D eigenvalue weighted by Gasteiger charge is 2.27. The normalized spacial score (nSPS) is 19.5. The summed E-state index contributed by atoms with van der Waals surface area (Å²) in [6, 6.07) is 7.05. The molecule has 0 bridgehead atoms. The highest BCUT2D eigenvalue weighted by atomic mass is 16.2. The average Bonchev–Trinajstić information content (AvgIpc) is 2.41. The maximum atomic E-state index is 12.2. The van der Waals surface area contributed by atoms with Gasteiger partial charge in [-0.2, -0.15) is 0 Å². The van der Waals surface area contributed by atoms with Crippen LogP contribution in [0, 0.1) is 0 Å². The zero-order chi connectivity index (χ0) is 13.8. The van der Waals surface area contributed by atoms with Gasteiger partial charge >= 0.3 is 0 Å². The molecule has 0 spiro atoms. The molecule has 1 unspecified atom stereocenters. The zero-order valence-electron chi connectivity index (χ0n) is 11.1. The molecule has 19 heavy (non-hydrogen) atoms. The molecule has 1 aliphatic rings. The van der Waals surface area contributed by atoms with Gasteiger partial charge in [0.15, 0.2) is 0 Å². The van der Waals surface area contributed by atoms with Gasteiger partial charge in [0.1, 0.15) is 0 Å². The predicted octanol–water partition coefficient (Wildman–Crippen LogP) is 0.496. The third-order valence-corrected chi connectivity index (χ3v) is 3.43. The third-order valence-electron chi connectivity index (χ3n) is 3.43. The van der Waals surface area contributed by atoms with Crippen LogP contribution in [0.1, 0.15) is 29.3 Å². The predicted molar refractivity (Wildman–Crippen MR) is 72.5 cm³/mol. The summed E-state index contributed by atoms with van der Waals surface area (Å²) in [6.07, 6.45) is 0.771. The quantitative estimate of drug-likeness (QED) is 0.828. The van der Waals surface area contributed by atoms with Crippen LogP contribution in [-0.4, -0.2) is 35.8 Å². The summed E-state index contributed by atoms with van der Waals surface area (Å²) in [7, 11) is 0. The fourth-order valence-corrected chi connectivity index (χ4v) is 2.37. The number of nitrogens with one attached hydrogen (secondary N) is 1. The molecule has 0 radical (unpaired) electrons. The summed E-state index contributed by atoms with van der Waals surface area (Å²) in [5.41, 5.74) is 6.65. The standard InChI is InChI=1S/C14H19N3O2/c1-2-12-14(19)17(8-7-16-12)9-10-5-3-4-6-11(10)13(15)18/h3-6,12,16H,2,7-9H2,1H3,(H2,15,18). The highest BCUT2D eigenvalue weighted by molar-refractivity contribution is 5.94. The molecule has 1 fully saturated rings. The van der Waals surface area contributed by atoms with E-state index in [0.29, 0.717) is 18.7 Å². The second kappa shape index (κ2) is 5.84. The number of primary amides is 1. The Morgan fingerprint density at radius 2 is 2.21 bits per heavy atom. The second-order valence-electron chi connectivity index (χ2n) is 4.70. The molecule has 5 heteroatoms. The van der Waals surface area contributed by atoms with Crippen LogP contribution in [-0.2, 0) is 11.3 Å². The van der Waals surface area contributed by atoms with Crippen molar-refractivity contribution in [3.63, 3.8) is 0 Å². The van der Waals surface area contributed by atoms with Crippen molar-refractivity contribution in [3.05, 3.63) is 35.4 Å². The highest BCUT2D eigenvalue weighted by Crippen LogP contribution is 2.14. The SMILES string of the molecule is CCC1NCCN(Cc2ccccc2C(N)=O)C1=O. The summed E-state index contributed by atoms with van der Waals surface area (Å²) in [6.45, 7) is 3.86. The molecule has 3 N–H and O–H groups in total. The Hall–Kier alpha value is -1.88. The molecule has 1 heterocycles. The minimum absolute atomic E-state index is 0.0908. The molecule has 5 nitrogen and oxygen atoms in total. The van der Waals surface area contributed by atoms with Crippen LogP contribution in [0.2, 0.25) is 0 Å². The third kappa shape index (κ3) is 2.93. The summed E-state index contributed by atoms with van der Waals surface area (Å²) in [5.74, 6) is -0.363. The molecule has 1 saturated heterocycles. The van der Waals surface area contributed by atoms with Gasteiger partial charge in [-0.15, -0.1) is 0 Å². The van der Waals surface area contributed by atoms with Crippen LogP contribution >= 0.6 is 0 Å². The molecule has 0 aromatic heterocycles. The van der Waals surface area contributed by atoms with Gasteiger partial charge in [0, 0.05) is 25.2 Å². The lowest BCUT2D eigenvalue weighted by atomic mass is 10.0. The van der Waals surface area contributed by atoms with Crippen molar-refractivity contribution in [2.45, 2.75) is 25.9 Å². The summed E-state index contributed by atoms with van der Waals surface area (Å²) in [5, 5.41) is 3.19. The molecule has 2 rings (SSSR count). The van der Waals surface area contributed by atoms with Gasteiger partial charge in [-0.1, -0.05) is 25.1 Å². The number of carbonyl (C=O) groups excluding carboxylic acids is 2. The molecule has 1 atom stereocenters. The smallest absolute Gasteiger partial charge is 0.249 e. The first-order valence-corrected chi connectivity index (χ1v) is 6.53. The second-order valence-corrected chi connectivity index (χ2v) is 4.70. The molecular weight excluding hydrogens is 242 g/mol. The van der Waals surface area contributed by atoms with E-state index in [-0.39, 0.29) is 11.9 Å². The maximum Gasteiger partial charge on any atom is 0.249 e. The van der Waals surface area contributed by atoms with Gasteiger partial charge in [-0.05, 0) is 18.1 Å². The van der Waals surface area contributed by atoms with Crippen molar-refractivity contribution in [1.29, 1.82) is 0 Å². The lowest BCUT2D eigenvalue weighted by molar-refractivity contribution is -0.136. The number of benzene rings is 1. The van der Waals surface area contributed by atoms with E-state index in [1.165, 1.54) is 0 Å². The molecule has 2 amide bonds. The lowest BCUT2D eigenvalue weighted by Crippen LogP contribution is -2.54. The van der Waals surface area contributed by atoms with Crippen LogP contribution in [0.4, 0.5) is 0 Å². The molecular formula is C14H19N3O2. The number of amides is 2. The summed E-state index contributed by atoms with van der Waals surface area (Å²) >= 11 is 0. The number of hydrogen-bond donors (Lipinski definition) is 2. The Kier molecular flexibility index (Phi) is 4.16. The molecule has 102 valence electrons. The van der Waals surface area contributed by atoms with E-state index >= 15 is 0 Å². The van der Waals surface area contributed by atoms with Crippen molar-refractivity contribution >= 4 is 11.8 Å². The van der Waals surface area contributed by atoms with Crippen molar-refractivity contribution in [2.75, 3.05) is 13.1 Å². The fourth-order valence-electron chi connectivity index (χ4n) is 2.37. The molecule has 1 aliphatic heterocycles. The Bertz CT molecular complexity index is 487. The Labute approximate surface area is 112 Å². The number of nitrogens with zero attached hydrogens (tertiary/aromatic N) is 1. The largest absolute Gasteiger partial charge is 0.366 e. The first kappa shape index (κ1) is 13.5. The van der Waals surface area contributed by atoms with Crippen LogP contribution in [0.15, 0.2) is 24.3 Å². The fraction of sp³-hybridized carbons (Fsp3) is 0.429. The average molecular weight is 261 g/mol. The van der Waals surface area contributed by atoms with Crippen LogP contribution in [0.5, 0.6) is 0 Å². The van der Waals surface area contributed by atoms with E-state index in [2.05, 4.69) is 5.32 Å². The van der Waals surface area contributed by atoms with Crippen LogP contribution in [0.3, 0.4) is 0 Å². The zero-order valence-corrected chi connectivity index (χ0v) is 11.1. The molecule has 0 saturated carbocycles. The van der Waals surface area contributed by atoms with E-state index in [9.17, 15) is 9.59 Å². The summed E-state index contributed by atoms with van der Waals surface area (Å²) in [4.78, 5) is 25.3. The number of hydrogen-bond acceptors (Lipinski definition) is 3. The van der Waals surface area contributed by atoms with Gasteiger partial charge in [0.25, 0.3) is 0 Å². The Balaban J connectivity index is 2.17. The van der Waals surface area contributed by atoms with Gasteiger partial charge < -0.3 is 16.0 Å². The van der Waals surface area contributed by atoms with E-state index in [1.54, 1.807) is 17.0 Å². The van der Waals surface area contributed by atoms with Crippen molar-refractivity contribution in [2.24, 2.45) is 5.73 Å². The van der Waals surface area contributed by atoms with Gasteiger partial charge in [0.05, 0.1) is 6.04 Å². The van der Waals surface area contributed by atoms with Crippen molar-refractivity contribution in [1.82, 2.24) is 10.2 Å². The number of rotatable bonds is 4. The first-order valence-electron chi connectivity index (χ1n) is 6.53. The lowest BCUT2D eigenvalue weighted by Gasteiger charge is -2.33. The number of piperazine rings is 1. The van der Waals surface area contributed by atoms with Gasteiger partial charge in [-0.25, -0.2) is 0 Å². The van der Waals surface area contributed by atoms with Crippen molar-refractivity contribution in [3.8, 4) is 0 Å². The topological polar surface area (TPSA) is 75.4 Å². The van der Waals surface area contributed by atoms with Crippen LogP contribution in [0.25, 0.3) is 0 Å². The minimum atomic E-state index is -0.453. The van der Waals surface area contributed by atoms with Gasteiger partial charge in [0.2, 0.25) is 11.8 Å². The van der Waals surface area contributed by atoms with Gasteiger partial charge in [-0.3, -0.25) is 9.59 Å². The van der Waals surface area contributed by atoms with E-state index < -0.39 is 5.91 Å². The first-order chi connectivity index (χ1) is 9.13. The molecule has 1 aromatic carbocycles. The Morgan fingerprint density at radius 3 is 2.89 bits per heavy atom. The van der Waals surface area contributed by atoms with Crippen molar-refractivity contribution < 1.29 is 9.59 Å². The van der Waals surface area contributed by atoms with E-state index in [1.807, 2.05) is 19.1 Å². The van der Waals surface area contributed by atoms with E-state index in [4.69, 9.17) is 5.73 Å². The van der Waals surface area contributed by atoms with Crippen LogP contribution < -0.4 is 11.1 Å². The monoisotopic (exact) mass is 261 g/mol. The Morgan fingerprint density at radius 1 is 1.47 bits per heavy atom.